The maximum Gasteiger partial charge on any atom is 0.490 e. The van der Waals surface area contributed by atoms with Crippen LogP contribution in [0.25, 0.3) is 0 Å². The number of rotatable bonds is 20. The summed E-state index contributed by atoms with van der Waals surface area (Å²) in [7, 11) is 0. The number of hydrogen-bond donors (Lipinski definition) is 8. The zero-order valence-electron chi connectivity index (χ0n) is 33.2. The predicted molar refractivity (Wildman–Crippen MR) is 210 cm³/mol. The Labute approximate surface area is 336 Å². The number of nitrogens with zero attached hydrogens (tertiary/aromatic N) is 1. The molecular formula is C40H58F3N7O8. The lowest BCUT2D eigenvalue weighted by Gasteiger charge is -2.38. The predicted octanol–water partition coefficient (Wildman–Crippen LogP) is 2.29. The number of carbonyl (C=O) groups excluding carboxylic acids is 4. The molecule has 0 aliphatic carbocycles. The van der Waals surface area contributed by atoms with Gasteiger partial charge in [0.15, 0.2) is 0 Å². The van der Waals surface area contributed by atoms with Crippen LogP contribution in [0.4, 0.5) is 13.2 Å². The number of unbranched alkanes of at least 4 members (excludes halogenated alkanes) is 1. The average molecular weight is 822 g/mol. The first-order valence-corrected chi connectivity index (χ1v) is 19.3. The highest BCUT2D eigenvalue weighted by Gasteiger charge is 2.41. The van der Waals surface area contributed by atoms with Crippen LogP contribution < -0.4 is 32.7 Å². The molecule has 58 heavy (non-hydrogen) atoms. The molecule has 0 unspecified atom stereocenters. The molecule has 2 aromatic carbocycles. The van der Waals surface area contributed by atoms with Gasteiger partial charge in [0, 0.05) is 26.1 Å². The van der Waals surface area contributed by atoms with Crippen molar-refractivity contribution in [1.29, 1.82) is 0 Å². The van der Waals surface area contributed by atoms with Gasteiger partial charge >= 0.3 is 18.1 Å². The average Bonchev–Trinajstić information content (AvgIpc) is 3.17. The van der Waals surface area contributed by atoms with Gasteiger partial charge < -0.3 is 47.8 Å². The molecule has 0 saturated carbocycles. The highest BCUT2D eigenvalue weighted by Crippen LogP contribution is 2.22. The van der Waals surface area contributed by atoms with E-state index in [1.165, 1.54) is 4.90 Å². The summed E-state index contributed by atoms with van der Waals surface area (Å²) >= 11 is 0. The van der Waals surface area contributed by atoms with Gasteiger partial charge in [-0.05, 0) is 68.0 Å². The number of carboxylic acids is 2. The number of alkyl halides is 3. The Morgan fingerprint density at radius 2 is 1.34 bits per heavy atom. The van der Waals surface area contributed by atoms with Crippen molar-refractivity contribution in [2.75, 3.05) is 32.7 Å². The van der Waals surface area contributed by atoms with Crippen molar-refractivity contribution < 1.29 is 52.2 Å². The maximum atomic E-state index is 13.9. The van der Waals surface area contributed by atoms with Gasteiger partial charge in [0.2, 0.25) is 23.6 Å². The Hall–Kier alpha value is -5.07. The molecule has 0 bridgehead atoms. The number of carboxylic acid groups (broad SMARTS) is 2. The van der Waals surface area contributed by atoms with Gasteiger partial charge in [-0.2, -0.15) is 13.2 Å². The van der Waals surface area contributed by atoms with Crippen LogP contribution in [-0.2, 0) is 35.2 Å². The maximum absolute atomic E-state index is 13.9. The number of likely N-dealkylation sites (tertiary alicyclic amines) is 1. The molecule has 1 heterocycles. The number of nitrogens with two attached hydrogens (primary N) is 2. The minimum absolute atomic E-state index is 0.00643. The van der Waals surface area contributed by atoms with E-state index in [2.05, 4.69) is 28.2 Å². The van der Waals surface area contributed by atoms with Crippen molar-refractivity contribution in [2.45, 2.75) is 101 Å². The number of benzene rings is 2. The number of amides is 4. The van der Waals surface area contributed by atoms with E-state index in [1.807, 2.05) is 74.5 Å². The van der Waals surface area contributed by atoms with E-state index >= 15 is 0 Å². The monoisotopic (exact) mass is 821 g/mol. The van der Waals surface area contributed by atoms with Crippen molar-refractivity contribution in [3.05, 3.63) is 71.8 Å². The Kier molecular flexibility index (Phi) is 20.3. The van der Waals surface area contributed by atoms with Crippen LogP contribution in [0.3, 0.4) is 0 Å². The van der Waals surface area contributed by atoms with E-state index in [0.29, 0.717) is 38.8 Å². The summed E-state index contributed by atoms with van der Waals surface area (Å²) in [6.45, 7) is 7.22. The number of halogens is 3. The number of piperidine rings is 1. The lowest BCUT2D eigenvalue weighted by atomic mass is 9.88. The van der Waals surface area contributed by atoms with Gasteiger partial charge in [0.1, 0.15) is 23.7 Å². The lowest BCUT2D eigenvalue weighted by Crippen LogP contribution is -2.60. The van der Waals surface area contributed by atoms with E-state index in [1.54, 1.807) is 0 Å². The van der Waals surface area contributed by atoms with E-state index in [9.17, 15) is 42.3 Å². The van der Waals surface area contributed by atoms with E-state index in [-0.39, 0.29) is 62.5 Å². The van der Waals surface area contributed by atoms with Crippen LogP contribution in [0.15, 0.2) is 60.7 Å². The van der Waals surface area contributed by atoms with E-state index in [0.717, 1.165) is 11.1 Å². The van der Waals surface area contributed by atoms with Gasteiger partial charge in [0.25, 0.3) is 0 Å². The summed E-state index contributed by atoms with van der Waals surface area (Å²) in [5, 5.41) is 28.4. The zero-order valence-corrected chi connectivity index (χ0v) is 33.2. The van der Waals surface area contributed by atoms with Gasteiger partial charge in [0.05, 0.1) is 6.54 Å². The zero-order chi connectivity index (χ0) is 43.5. The quantitative estimate of drug-likeness (QED) is 0.0901. The molecule has 1 aliphatic heterocycles. The molecule has 1 fully saturated rings. The fourth-order valence-corrected chi connectivity index (χ4v) is 6.16. The largest absolute Gasteiger partial charge is 0.490 e. The molecule has 0 aromatic heterocycles. The highest BCUT2D eigenvalue weighted by molar-refractivity contribution is 5.94. The first-order valence-electron chi connectivity index (χ1n) is 19.3. The van der Waals surface area contributed by atoms with Gasteiger partial charge in [-0.3, -0.25) is 24.0 Å². The van der Waals surface area contributed by atoms with Crippen molar-refractivity contribution >= 4 is 35.6 Å². The van der Waals surface area contributed by atoms with E-state index < -0.39 is 53.6 Å². The second-order valence-corrected chi connectivity index (χ2v) is 14.9. The highest BCUT2D eigenvalue weighted by atomic mass is 19.4. The molecule has 18 heteroatoms. The first-order chi connectivity index (χ1) is 27.3. The topological polar surface area (TPSA) is 246 Å². The molecule has 0 radical (unpaired) electrons. The van der Waals surface area contributed by atoms with Crippen LogP contribution >= 0.6 is 0 Å². The third-order valence-corrected chi connectivity index (χ3v) is 9.58. The van der Waals surface area contributed by atoms with Crippen molar-refractivity contribution in [1.82, 2.24) is 26.2 Å². The Morgan fingerprint density at radius 3 is 1.86 bits per heavy atom. The van der Waals surface area contributed by atoms with Crippen LogP contribution in [0, 0.1) is 5.92 Å². The molecule has 15 nitrogen and oxygen atoms in total. The summed E-state index contributed by atoms with van der Waals surface area (Å²) in [6.07, 6.45) is -2.82. The van der Waals surface area contributed by atoms with Crippen molar-refractivity contribution in [3.63, 3.8) is 0 Å². The van der Waals surface area contributed by atoms with Gasteiger partial charge in [-0.1, -0.05) is 81.4 Å². The Balaban J connectivity index is 0.00000151. The molecule has 10 N–H and O–H groups in total. The minimum atomic E-state index is -5.08. The van der Waals surface area contributed by atoms with Crippen LogP contribution in [0.2, 0.25) is 0 Å². The van der Waals surface area contributed by atoms with E-state index in [4.69, 9.17) is 21.4 Å². The van der Waals surface area contributed by atoms with Crippen LogP contribution in [0.5, 0.6) is 0 Å². The number of nitrogens with one attached hydrogen (secondary N) is 4. The van der Waals surface area contributed by atoms with Gasteiger partial charge in [-0.15, -0.1) is 0 Å². The standard InChI is InChI=1S/C38H57N7O6.C2HF3O2/c1-26(2)22-31(34(47)43-30(16-10-11-19-39)36(49)45-20-17-38(40,18-21-45)37(50)51)44-35(48)32(23-28-12-6-4-7-13-28)42-33(46)25-41-24-27(3)29-14-8-5-9-15-29;3-2(4,5)1(6)7/h4-9,12-15,26-27,30-32,41H,10-11,16-25,39-40H2,1-3H3,(H,42,46)(H,43,47)(H,44,48)(H,50,51);(H,6,7)/t27-,30+,31+,32+;/m0./s1. The number of aliphatic carboxylic acids is 2. The van der Waals surface area contributed by atoms with Gasteiger partial charge in [-0.25, -0.2) is 4.79 Å². The molecule has 3 rings (SSSR count). The Morgan fingerprint density at radius 1 is 0.810 bits per heavy atom. The molecule has 1 saturated heterocycles. The molecule has 322 valence electrons. The normalized spacial score (nSPS) is 15.8. The number of hydrogen-bond acceptors (Lipinski definition) is 9. The summed E-state index contributed by atoms with van der Waals surface area (Å²) in [5.41, 5.74) is 12.3. The van der Waals surface area contributed by atoms with Crippen molar-refractivity contribution in [3.8, 4) is 0 Å². The summed E-state index contributed by atoms with van der Waals surface area (Å²) < 4.78 is 31.7. The second kappa shape index (κ2) is 24.0. The summed E-state index contributed by atoms with van der Waals surface area (Å²) in [6, 6.07) is 16.5. The summed E-state index contributed by atoms with van der Waals surface area (Å²) in [4.78, 5) is 76.6. The fraction of sp³-hybridized carbons (Fsp3) is 0.550. The molecule has 2 aromatic rings. The second-order valence-electron chi connectivity index (χ2n) is 14.9. The smallest absolute Gasteiger partial charge is 0.480 e. The third-order valence-electron chi connectivity index (χ3n) is 9.58. The molecule has 1 aliphatic rings. The van der Waals surface area contributed by atoms with Crippen LogP contribution in [-0.4, -0.2) is 113 Å². The molecule has 4 atom stereocenters. The minimum Gasteiger partial charge on any atom is -0.480 e. The van der Waals surface area contributed by atoms with Crippen LogP contribution in [0.1, 0.15) is 76.3 Å². The first kappa shape index (κ1) is 49.1. The lowest BCUT2D eigenvalue weighted by molar-refractivity contribution is -0.192. The molecule has 4 amide bonds. The third kappa shape index (κ3) is 17.2. The number of carbonyl (C=O) groups is 6. The van der Waals surface area contributed by atoms with Crippen molar-refractivity contribution in [2.24, 2.45) is 17.4 Å². The Bertz CT molecular complexity index is 1630. The fourth-order valence-electron chi connectivity index (χ4n) is 6.16. The molecular weight excluding hydrogens is 763 g/mol. The molecule has 0 spiro atoms. The SMILES string of the molecule is CC(C)C[C@@H](NC(=O)[C@@H](Cc1ccccc1)NC(=O)CNC[C@H](C)c1ccccc1)C(=O)N[C@H](CCCCN)C(=O)N1CCC(N)(C(=O)O)CC1.O=C(O)C(F)(F)F. The summed E-state index contributed by atoms with van der Waals surface area (Å²) in [5.74, 6) is -5.38.